The van der Waals surface area contributed by atoms with Crippen LogP contribution in [0.15, 0.2) is 15.8 Å². The number of aromatic nitrogens is 2. The number of phosphoric acid groups is 1. The number of rotatable bonds is 8. The lowest BCUT2D eigenvalue weighted by Gasteiger charge is -2.14. The van der Waals surface area contributed by atoms with E-state index in [1.165, 1.54) is 0 Å². The molecule has 0 radical (unpaired) electrons. The number of hydrogen-bond donors (Lipinski definition) is 5. The van der Waals surface area contributed by atoms with Gasteiger partial charge in [0.25, 0.3) is 5.56 Å². The van der Waals surface area contributed by atoms with Crippen LogP contribution in [-0.4, -0.2) is 48.4 Å². The van der Waals surface area contributed by atoms with Gasteiger partial charge in [-0.3, -0.25) is 19.2 Å². The van der Waals surface area contributed by atoms with Gasteiger partial charge in [0.15, 0.2) is 5.75 Å². The quantitative estimate of drug-likeness (QED) is 0.311. The molecular formula is C9H13N2O13P3+2. The van der Waals surface area contributed by atoms with E-state index in [1.54, 1.807) is 0 Å². The second kappa shape index (κ2) is 8.76. The lowest BCUT2D eigenvalue weighted by molar-refractivity contribution is -0.0414. The number of nitrogens with one attached hydrogen (secondary N) is 1. The standard InChI is InChI=1S/C9H11N2O13P3/c12-4-1-7(11-2-5(13)8(14)10-9(11)15)22-6(4)3-21-26(18)24-27(19,20)23-25(16)17/h2,4,6-7,12H,1,3H2,(H2-2,10,13,14,15,16,17,19,20)/p+2/t4-,6+,7+/m0/s1. The Balaban J connectivity index is 1.96. The minimum Gasteiger partial charge on any atom is -0.502 e. The van der Waals surface area contributed by atoms with Gasteiger partial charge >= 0.3 is 30.0 Å². The van der Waals surface area contributed by atoms with Crippen molar-refractivity contribution < 1.29 is 51.6 Å². The molecule has 1 fully saturated rings. The van der Waals surface area contributed by atoms with Crippen molar-refractivity contribution in [3.63, 3.8) is 0 Å². The fourth-order valence-corrected chi connectivity index (χ4v) is 4.29. The molecule has 1 aliphatic heterocycles. The molecule has 150 valence electrons. The second-order valence-corrected chi connectivity index (χ2v) is 8.43. The van der Waals surface area contributed by atoms with E-state index in [1.807, 2.05) is 4.98 Å². The summed E-state index contributed by atoms with van der Waals surface area (Å²) in [7, 11) is -11.9. The van der Waals surface area contributed by atoms with Crippen LogP contribution >= 0.6 is 24.3 Å². The summed E-state index contributed by atoms with van der Waals surface area (Å²) in [6.45, 7) is -0.623. The van der Waals surface area contributed by atoms with Crippen LogP contribution in [0.5, 0.6) is 5.75 Å². The van der Waals surface area contributed by atoms with Crippen LogP contribution < -0.4 is 11.2 Å². The van der Waals surface area contributed by atoms with Crippen molar-refractivity contribution in [3.05, 3.63) is 27.0 Å². The Morgan fingerprint density at radius 3 is 2.67 bits per heavy atom. The van der Waals surface area contributed by atoms with Crippen molar-refractivity contribution in [2.45, 2.75) is 24.9 Å². The van der Waals surface area contributed by atoms with Crippen molar-refractivity contribution in [2.75, 3.05) is 6.61 Å². The summed E-state index contributed by atoms with van der Waals surface area (Å²) in [4.78, 5) is 42.0. The van der Waals surface area contributed by atoms with E-state index in [2.05, 4.69) is 13.1 Å². The first-order valence-corrected chi connectivity index (χ1v) is 10.6. The molecule has 3 unspecified atom stereocenters. The molecule has 1 aliphatic rings. The maximum atomic E-state index is 11.7. The Morgan fingerprint density at radius 1 is 1.37 bits per heavy atom. The fourth-order valence-electron chi connectivity index (χ4n) is 2.07. The van der Waals surface area contributed by atoms with Gasteiger partial charge in [-0.1, -0.05) is 0 Å². The Labute approximate surface area is 150 Å². The van der Waals surface area contributed by atoms with Crippen LogP contribution in [0.25, 0.3) is 0 Å². The number of ether oxygens (including phenoxy) is 1. The van der Waals surface area contributed by atoms with Crippen molar-refractivity contribution >= 4 is 24.3 Å². The summed E-state index contributed by atoms with van der Waals surface area (Å²) in [5.74, 6) is -0.759. The van der Waals surface area contributed by atoms with Crippen molar-refractivity contribution in [3.8, 4) is 5.75 Å². The van der Waals surface area contributed by atoms with Gasteiger partial charge in [0.05, 0.1) is 12.3 Å². The molecule has 2 rings (SSSR count). The van der Waals surface area contributed by atoms with Crippen LogP contribution in [0.1, 0.15) is 12.6 Å². The van der Waals surface area contributed by atoms with Crippen LogP contribution in [0.3, 0.4) is 0 Å². The molecule has 5 N–H and O–H groups in total. The molecule has 1 aromatic rings. The monoisotopic (exact) mass is 450 g/mol. The van der Waals surface area contributed by atoms with Gasteiger partial charge in [-0.2, -0.15) is 0 Å². The smallest absolute Gasteiger partial charge is 0.502 e. The Morgan fingerprint density at radius 2 is 2.04 bits per heavy atom. The number of aliphatic hydroxyl groups excluding tert-OH is 1. The van der Waals surface area contributed by atoms with Crippen molar-refractivity contribution in [1.29, 1.82) is 0 Å². The Kier molecular flexibility index (Phi) is 7.11. The molecule has 1 saturated heterocycles. The summed E-state index contributed by atoms with van der Waals surface area (Å²) < 4.78 is 51.2. The molecule has 2 heterocycles. The number of hydrogen-bond acceptors (Lipinski definition) is 11. The summed E-state index contributed by atoms with van der Waals surface area (Å²) >= 11 is 0. The van der Waals surface area contributed by atoms with E-state index in [9.17, 15) is 33.5 Å². The highest BCUT2D eigenvalue weighted by molar-refractivity contribution is 7.61. The zero-order valence-electron chi connectivity index (χ0n) is 13.0. The second-order valence-electron chi connectivity index (χ2n) is 5.00. The van der Waals surface area contributed by atoms with Gasteiger partial charge in [-0.05, 0) is 0 Å². The summed E-state index contributed by atoms with van der Waals surface area (Å²) in [5.41, 5.74) is -1.92. The van der Waals surface area contributed by atoms with E-state index < -0.39 is 66.4 Å². The Hall–Kier alpha value is -1.37. The highest BCUT2D eigenvalue weighted by atomic mass is 31.3. The average Bonchev–Trinajstić information content (AvgIpc) is 2.87. The maximum Gasteiger partial charge on any atom is 0.708 e. The van der Waals surface area contributed by atoms with E-state index in [0.717, 1.165) is 10.8 Å². The Bertz CT molecular complexity index is 896. The first-order chi connectivity index (χ1) is 12.5. The molecule has 15 nitrogen and oxygen atoms in total. The molecule has 1 aromatic heterocycles. The zero-order chi connectivity index (χ0) is 20.4. The SMILES string of the molecule is O=c1[nH]c(=O)n([C@H]2C[C@H](O)[C@@H](CO[P+](=O)OP(=O)(O)O[P+](=O)O)O2)cc1O. The number of H-pyrrole nitrogens is 1. The first-order valence-electron chi connectivity index (χ1n) is 6.85. The minimum atomic E-state index is -5.11. The number of aromatic hydroxyl groups is 1. The minimum absolute atomic E-state index is 0.163. The predicted molar refractivity (Wildman–Crippen MR) is 82.9 cm³/mol. The molecular weight excluding hydrogens is 437 g/mol. The molecule has 27 heavy (non-hydrogen) atoms. The van der Waals surface area contributed by atoms with E-state index >= 15 is 0 Å². The largest absolute Gasteiger partial charge is 0.708 e. The van der Waals surface area contributed by atoms with Gasteiger partial charge in [0.2, 0.25) is 0 Å². The lowest BCUT2D eigenvalue weighted by atomic mass is 10.2. The van der Waals surface area contributed by atoms with Crippen LogP contribution in [0.4, 0.5) is 0 Å². The normalized spacial score (nSPS) is 25.8. The van der Waals surface area contributed by atoms with E-state index in [-0.39, 0.29) is 6.42 Å². The van der Waals surface area contributed by atoms with Crippen molar-refractivity contribution in [2.24, 2.45) is 0 Å². The molecule has 6 atom stereocenters. The fraction of sp³-hybridized carbons (Fsp3) is 0.556. The van der Waals surface area contributed by atoms with Crippen LogP contribution in [0, 0.1) is 0 Å². The van der Waals surface area contributed by atoms with Crippen LogP contribution in [-0.2, 0) is 31.6 Å². The molecule has 0 saturated carbocycles. The third-order valence-electron chi connectivity index (χ3n) is 3.15. The molecule has 18 heteroatoms. The molecule has 0 bridgehead atoms. The van der Waals surface area contributed by atoms with Gasteiger partial charge < -0.3 is 14.9 Å². The van der Waals surface area contributed by atoms with Crippen molar-refractivity contribution in [1.82, 2.24) is 9.55 Å². The number of aliphatic hydroxyl groups is 1. The topological polar surface area (TPSA) is 224 Å². The van der Waals surface area contributed by atoms with Gasteiger partial charge in [-0.15, -0.1) is 9.42 Å². The molecule has 0 spiro atoms. The predicted octanol–water partition coefficient (Wildman–Crippen LogP) is -0.652. The lowest BCUT2D eigenvalue weighted by Crippen LogP contribution is -2.32. The maximum absolute atomic E-state index is 11.7. The average molecular weight is 450 g/mol. The zero-order valence-corrected chi connectivity index (χ0v) is 15.7. The summed E-state index contributed by atoms with van der Waals surface area (Å²) in [6.07, 6.45) is -2.85. The highest BCUT2D eigenvalue weighted by Crippen LogP contribution is 2.57. The summed E-state index contributed by atoms with van der Waals surface area (Å²) in [6, 6.07) is 0. The van der Waals surface area contributed by atoms with Gasteiger partial charge in [0.1, 0.15) is 18.9 Å². The number of aromatic amines is 1. The van der Waals surface area contributed by atoms with E-state index in [0.29, 0.717) is 0 Å². The number of nitrogens with zero attached hydrogens (tertiary/aromatic N) is 1. The van der Waals surface area contributed by atoms with E-state index in [4.69, 9.17) is 14.5 Å². The third kappa shape index (κ3) is 6.06. The third-order valence-corrected chi connectivity index (χ3v) is 6.25. The summed E-state index contributed by atoms with van der Waals surface area (Å²) in [5, 5.41) is 19.3. The van der Waals surface area contributed by atoms with Crippen LogP contribution in [0.2, 0.25) is 0 Å². The first kappa shape index (κ1) is 21.9. The molecule has 0 aromatic carbocycles. The van der Waals surface area contributed by atoms with Gasteiger partial charge in [-0.25, -0.2) is 9.36 Å². The van der Waals surface area contributed by atoms with Gasteiger partial charge in [0, 0.05) is 24.2 Å². The molecule has 0 aliphatic carbocycles. The molecule has 0 amide bonds. The highest BCUT2D eigenvalue weighted by Gasteiger charge is 2.46.